The molecule has 1 aliphatic heterocycles. The third-order valence-electron chi connectivity index (χ3n) is 5.04. The number of carbonyl (C=O) groups excluding carboxylic acids is 1. The van der Waals surface area contributed by atoms with E-state index in [4.69, 9.17) is 10.1 Å². The zero-order chi connectivity index (χ0) is 15.7. The quantitative estimate of drug-likeness (QED) is 0.901. The van der Waals surface area contributed by atoms with Crippen molar-refractivity contribution in [3.63, 3.8) is 0 Å². The number of guanidine groups is 1. The number of nitrogens with zero attached hydrogens (tertiary/aromatic N) is 1. The van der Waals surface area contributed by atoms with Gasteiger partial charge in [0.1, 0.15) is 11.3 Å². The number of amides is 1. The first-order chi connectivity index (χ1) is 10.6. The van der Waals surface area contributed by atoms with E-state index in [1.54, 1.807) is 14.2 Å². The maximum absolute atomic E-state index is 13.0. The van der Waals surface area contributed by atoms with Crippen molar-refractivity contribution in [1.82, 2.24) is 10.2 Å². The molecule has 0 spiro atoms. The minimum atomic E-state index is -0.819. The minimum absolute atomic E-state index is 0.0300. The van der Waals surface area contributed by atoms with Gasteiger partial charge in [0.25, 0.3) is 5.91 Å². The van der Waals surface area contributed by atoms with Crippen molar-refractivity contribution in [2.24, 2.45) is 5.92 Å². The smallest absolute Gasteiger partial charge is 0.259 e. The predicted octanol–water partition coefficient (Wildman–Crippen LogP) is 2.47. The molecule has 1 saturated carbocycles. The average Bonchev–Trinajstić information content (AvgIpc) is 2.81. The second kappa shape index (κ2) is 5.63. The van der Waals surface area contributed by atoms with Crippen LogP contribution >= 0.6 is 0 Å². The van der Waals surface area contributed by atoms with Crippen LogP contribution in [0.4, 0.5) is 0 Å². The Labute approximate surface area is 131 Å². The summed E-state index contributed by atoms with van der Waals surface area (Å²) in [5, 5.41) is 11.3. The number of benzene rings is 1. The molecule has 1 heterocycles. The van der Waals surface area contributed by atoms with Crippen molar-refractivity contribution in [2.45, 2.75) is 37.6 Å². The van der Waals surface area contributed by atoms with Crippen LogP contribution in [0.25, 0.3) is 0 Å². The van der Waals surface area contributed by atoms with E-state index >= 15 is 0 Å². The summed E-state index contributed by atoms with van der Waals surface area (Å²) in [5.41, 5.74) is 0.0821. The number of nitrogens with one attached hydrogen (secondary N) is 2. The molecule has 2 fully saturated rings. The van der Waals surface area contributed by atoms with Gasteiger partial charge in [0.05, 0.1) is 7.11 Å². The SMILES string of the molecule is COc1cccc(C2(C3CCCCC3)NC(=N)N(C)C2=O)c1. The predicted molar refractivity (Wildman–Crippen MR) is 84.9 cm³/mol. The van der Waals surface area contributed by atoms with Gasteiger partial charge >= 0.3 is 0 Å². The number of hydrogen-bond acceptors (Lipinski definition) is 3. The second-order valence-corrected chi connectivity index (χ2v) is 6.21. The molecule has 0 bridgehead atoms. The van der Waals surface area contributed by atoms with Crippen LogP contribution in [0.15, 0.2) is 24.3 Å². The van der Waals surface area contributed by atoms with Gasteiger partial charge in [-0.3, -0.25) is 15.1 Å². The van der Waals surface area contributed by atoms with Crippen molar-refractivity contribution in [1.29, 1.82) is 5.41 Å². The summed E-state index contributed by atoms with van der Waals surface area (Å²) >= 11 is 0. The highest BCUT2D eigenvalue weighted by atomic mass is 16.5. The zero-order valence-corrected chi connectivity index (χ0v) is 13.2. The molecule has 1 saturated heterocycles. The van der Waals surface area contributed by atoms with Crippen LogP contribution < -0.4 is 10.1 Å². The maximum atomic E-state index is 13.0. The van der Waals surface area contributed by atoms with Gasteiger partial charge in [0, 0.05) is 7.05 Å². The summed E-state index contributed by atoms with van der Waals surface area (Å²) in [6, 6.07) is 7.68. The number of rotatable bonds is 3. The standard InChI is InChI=1S/C17H23N3O2/c1-20-15(21)17(19-16(20)18,12-7-4-3-5-8-12)13-9-6-10-14(11-13)22-2/h6,9-12H,3-5,7-8H2,1-2H3,(H2,18,19). The highest BCUT2D eigenvalue weighted by molar-refractivity contribution is 6.08. The largest absolute Gasteiger partial charge is 0.497 e. The van der Waals surface area contributed by atoms with Crippen LogP contribution in [0, 0.1) is 11.3 Å². The van der Waals surface area contributed by atoms with Crippen LogP contribution in [-0.4, -0.2) is 30.9 Å². The van der Waals surface area contributed by atoms with Gasteiger partial charge < -0.3 is 10.1 Å². The number of likely N-dealkylation sites (N-methyl/N-ethyl adjacent to an activating group) is 1. The summed E-state index contributed by atoms with van der Waals surface area (Å²) in [5.74, 6) is 1.10. The Kier molecular flexibility index (Phi) is 3.81. The van der Waals surface area contributed by atoms with Crippen molar-refractivity contribution in [2.75, 3.05) is 14.2 Å². The van der Waals surface area contributed by atoms with Crippen molar-refractivity contribution in [3.8, 4) is 5.75 Å². The van der Waals surface area contributed by atoms with E-state index < -0.39 is 5.54 Å². The lowest BCUT2D eigenvalue weighted by atomic mass is 9.71. The normalized spacial score (nSPS) is 26.2. The maximum Gasteiger partial charge on any atom is 0.259 e. The van der Waals surface area contributed by atoms with Gasteiger partial charge in [0.2, 0.25) is 0 Å². The third kappa shape index (κ3) is 2.16. The molecule has 1 aromatic rings. The van der Waals surface area contributed by atoms with E-state index in [0.29, 0.717) is 0 Å². The fraction of sp³-hybridized carbons (Fsp3) is 0.529. The van der Waals surface area contributed by atoms with E-state index in [1.165, 1.54) is 11.3 Å². The molecule has 1 aliphatic carbocycles. The van der Waals surface area contributed by atoms with Crippen LogP contribution in [0.3, 0.4) is 0 Å². The lowest BCUT2D eigenvalue weighted by Crippen LogP contribution is -2.50. The molecule has 5 nitrogen and oxygen atoms in total. The monoisotopic (exact) mass is 301 g/mol. The highest BCUT2D eigenvalue weighted by Gasteiger charge is 2.54. The Morgan fingerprint density at radius 3 is 2.64 bits per heavy atom. The molecule has 5 heteroatoms. The molecular formula is C17H23N3O2. The first-order valence-electron chi connectivity index (χ1n) is 7.89. The summed E-state index contributed by atoms with van der Waals surface area (Å²) in [7, 11) is 3.30. The van der Waals surface area contributed by atoms with Gasteiger partial charge in [-0.2, -0.15) is 0 Å². The Bertz CT molecular complexity index is 595. The Morgan fingerprint density at radius 2 is 2.05 bits per heavy atom. The number of hydrogen-bond donors (Lipinski definition) is 2. The summed E-state index contributed by atoms with van der Waals surface area (Å²) in [4.78, 5) is 14.4. The number of carbonyl (C=O) groups is 1. The molecule has 22 heavy (non-hydrogen) atoms. The third-order valence-corrected chi connectivity index (χ3v) is 5.04. The van der Waals surface area contributed by atoms with Crippen molar-refractivity contribution in [3.05, 3.63) is 29.8 Å². The molecule has 1 atom stereocenters. The lowest BCUT2D eigenvalue weighted by molar-refractivity contribution is -0.133. The molecule has 2 N–H and O–H groups in total. The molecule has 2 aliphatic rings. The number of methoxy groups -OCH3 is 1. The fourth-order valence-corrected chi connectivity index (χ4v) is 3.80. The van der Waals surface area contributed by atoms with Crippen molar-refractivity contribution < 1.29 is 9.53 Å². The molecule has 1 amide bonds. The first-order valence-corrected chi connectivity index (χ1v) is 7.89. The Balaban J connectivity index is 2.10. The molecule has 1 unspecified atom stereocenters. The first kappa shape index (κ1) is 14.9. The fourth-order valence-electron chi connectivity index (χ4n) is 3.80. The van der Waals surface area contributed by atoms with Crippen LogP contribution in [0.5, 0.6) is 5.75 Å². The van der Waals surface area contributed by atoms with Crippen LogP contribution in [-0.2, 0) is 10.3 Å². The molecule has 0 radical (unpaired) electrons. The van der Waals surface area contributed by atoms with Gasteiger partial charge in [-0.15, -0.1) is 0 Å². The van der Waals surface area contributed by atoms with E-state index in [0.717, 1.165) is 37.0 Å². The molecule has 3 rings (SSSR count). The average molecular weight is 301 g/mol. The van der Waals surface area contributed by atoms with Gasteiger partial charge in [-0.05, 0) is 36.5 Å². The van der Waals surface area contributed by atoms with Crippen LogP contribution in [0.2, 0.25) is 0 Å². The molecule has 0 aromatic heterocycles. The van der Waals surface area contributed by atoms with Gasteiger partial charge in [0.15, 0.2) is 5.96 Å². The van der Waals surface area contributed by atoms with E-state index in [-0.39, 0.29) is 17.8 Å². The number of ether oxygens (including phenoxy) is 1. The Morgan fingerprint density at radius 1 is 1.32 bits per heavy atom. The second-order valence-electron chi connectivity index (χ2n) is 6.21. The van der Waals surface area contributed by atoms with Gasteiger partial charge in [-0.25, -0.2) is 0 Å². The summed E-state index contributed by atoms with van der Waals surface area (Å²) < 4.78 is 5.33. The molecule has 1 aromatic carbocycles. The molecule has 118 valence electrons. The van der Waals surface area contributed by atoms with Crippen LogP contribution in [0.1, 0.15) is 37.7 Å². The molecular weight excluding hydrogens is 278 g/mol. The van der Waals surface area contributed by atoms with Crippen molar-refractivity contribution >= 4 is 11.9 Å². The van der Waals surface area contributed by atoms with E-state index in [9.17, 15) is 4.79 Å². The zero-order valence-electron chi connectivity index (χ0n) is 13.2. The topological polar surface area (TPSA) is 65.4 Å². The Hall–Kier alpha value is -2.04. The minimum Gasteiger partial charge on any atom is -0.497 e. The highest BCUT2D eigenvalue weighted by Crippen LogP contribution is 2.43. The summed E-state index contributed by atoms with van der Waals surface area (Å²) in [6.45, 7) is 0. The van der Waals surface area contributed by atoms with E-state index in [2.05, 4.69) is 5.32 Å². The lowest BCUT2D eigenvalue weighted by Gasteiger charge is -2.38. The van der Waals surface area contributed by atoms with E-state index in [1.807, 2.05) is 24.3 Å². The summed E-state index contributed by atoms with van der Waals surface area (Å²) in [6.07, 6.45) is 5.53. The van der Waals surface area contributed by atoms with Gasteiger partial charge in [-0.1, -0.05) is 31.4 Å².